The predicted molar refractivity (Wildman–Crippen MR) is 175 cm³/mol. The van der Waals surface area contributed by atoms with E-state index < -0.39 is 11.9 Å². The molecule has 0 radical (unpaired) electrons. The van der Waals surface area contributed by atoms with Gasteiger partial charge in [-0.1, -0.05) is 6.07 Å². The number of fused-ring (bicyclic) bond motifs is 1. The number of imide groups is 1. The van der Waals surface area contributed by atoms with E-state index in [-0.39, 0.29) is 23.4 Å². The van der Waals surface area contributed by atoms with Crippen LogP contribution in [-0.2, 0) is 9.59 Å². The van der Waals surface area contributed by atoms with E-state index in [4.69, 9.17) is 4.98 Å². The second kappa shape index (κ2) is 11.8. The van der Waals surface area contributed by atoms with Crippen molar-refractivity contribution in [1.29, 1.82) is 0 Å². The number of nitrogens with zero attached hydrogens (tertiary/aromatic N) is 4. The molecule has 4 aliphatic carbocycles. The molecule has 1 aromatic heterocycles. The van der Waals surface area contributed by atoms with Crippen molar-refractivity contribution in [2.75, 3.05) is 38.5 Å². The van der Waals surface area contributed by atoms with Crippen molar-refractivity contribution in [2.45, 2.75) is 101 Å². The van der Waals surface area contributed by atoms with Gasteiger partial charge in [-0.2, -0.15) is 0 Å². The van der Waals surface area contributed by atoms with Gasteiger partial charge in [0.05, 0.1) is 10.9 Å². The standard InChI is InChI=1S/C35H49N5O3S/c1-23-36-27-6-4-7-29(31(27)33(43)40(23)28-8-9-30(41)37-32(28)42)44-15-5-11-39-14-13-38(22-34(39,2)3)12-10-35-19-24-16-25(20-35)18-26(17-24)21-35/h4,6-7,24-26,28H,5,8-22H2,1-3H3,(H,37,41,42). The van der Waals surface area contributed by atoms with Gasteiger partial charge in [0.25, 0.3) is 5.56 Å². The fourth-order valence-electron chi connectivity index (χ4n) is 10.1. The molecule has 44 heavy (non-hydrogen) atoms. The van der Waals surface area contributed by atoms with Gasteiger partial charge in [0.15, 0.2) is 0 Å². The molecule has 1 N–H and O–H groups in total. The maximum absolute atomic E-state index is 13.8. The average molecular weight is 620 g/mol. The summed E-state index contributed by atoms with van der Waals surface area (Å²) in [6.45, 7) is 12.3. The molecular formula is C35H49N5O3S. The number of hydrogen-bond donors (Lipinski definition) is 1. The quantitative estimate of drug-likeness (QED) is 0.236. The number of hydrogen-bond acceptors (Lipinski definition) is 7. The van der Waals surface area contributed by atoms with E-state index in [2.05, 4.69) is 29.0 Å². The van der Waals surface area contributed by atoms with Crippen LogP contribution >= 0.6 is 11.8 Å². The van der Waals surface area contributed by atoms with Gasteiger partial charge >= 0.3 is 0 Å². The minimum absolute atomic E-state index is 0.154. The predicted octanol–water partition coefficient (Wildman–Crippen LogP) is 5.17. The van der Waals surface area contributed by atoms with Crippen LogP contribution < -0.4 is 10.9 Å². The normalized spacial score (nSPS) is 32.0. The molecule has 2 aliphatic heterocycles. The van der Waals surface area contributed by atoms with E-state index in [1.807, 2.05) is 18.2 Å². The van der Waals surface area contributed by atoms with Gasteiger partial charge in [0.1, 0.15) is 11.9 Å². The molecule has 2 amide bonds. The third-order valence-electron chi connectivity index (χ3n) is 11.7. The molecule has 1 atom stereocenters. The number of rotatable bonds is 9. The number of piperidine rings is 1. The summed E-state index contributed by atoms with van der Waals surface area (Å²) in [6.07, 6.45) is 12.1. The van der Waals surface area contributed by atoms with Gasteiger partial charge in [-0.05, 0) is 133 Å². The highest BCUT2D eigenvalue weighted by atomic mass is 32.2. The molecule has 2 aromatic rings. The van der Waals surface area contributed by atoms with Crippen molar-refractivity contribution in [1.82, 2.24) is 24.7 Å². The molecule has 1 aromatic carbocycles. The van der Waals surface area contributed by atoms with Crippen molar-refractivity contribution >= 4 is 34.5 Å². The lowest BCUT2D eigenvalue weighted by molar-refractivity contribution is -0.135. The summed E-state index contributed by atoms with van der Waals surface area (Å²) in [5.41, 5.74) is 1.28. The zero-order valence-corrected chi connectivity index (χ0v) is 27.6. The van der Waals surface area contributed by atoms with Crippen LogP contribution in [0.4, 0.5) is 0 Å². The molecule has 1 unspecified atom stereocenters. The summed E-state index contributed by atoms with van der Waals surface area (Å²) >= 11 is 1.71. The largest absolute Gasteiger partial charge is 0.300 e. The Bertz CT molecular complexity index is 1470. The molecule has 6 fully saturated rings. The van der Waals surface area contributed by atoms with Gasteiger partial charge in [-0.15, -0.1) is 11.8 Å². The molecule has 4 saturated carbocycles. The fraction of sp³-hybridized carbons (Fsp3) is 0.714. The van der Waals surface area contributed by atoms with Crippen molar-refractivity contribution in [2.24, 2.45) is 23.2 Å². The van der Waals surface area contributed by atoms with Crippen LogP contribution in [0.1, 0.15) is 89.9 Å². The number of carbonyl (C=O) groups excluding carboxylic acids is 2. The summed E-state index contributed by atoms with van der Waals surface area (Å²) in [5, 5.41) is 2.95. The number of aromatic nitrogens is 2. The summed E-state index contributed by atoms with van der Waals surface area (Å²) in [6, 6.07) is 5.11. The number of thioether (sulfide) groups is 1. The number of amides is 2. The van der Waals surface area contributed by atoms with E-state index in [1.54, 1.807) is 18.7 Å². The first-order valence-corrected chi connectivity index (χ1v) is 18.0. The number of piperazine rings is 1. The Morgan fingerprint density at radius 1 is 1.00 bits per heavy atom. The lowest BCUT2D eigenvalue weighted by Crippen LogP contribution is -2.59. The SMILES string of the molecule is Cc1nc2cccc(SCCCN3CCN(CCC45CC6CC(CC(C6)C4)C5)CC3(C)C)c2c(=O)n1C1CCC(=O)NC1=O. The maximum Gasteiger partial charge on any atom is 0.263 e. The van der Waals surface area contributed by atoms with Crippen molar-refractivity contribution in [3.63, 3.8) is 0 Å². The first kappa shape index (κ1) is 30.4. The molecule has 0 spiro atoms. The number of nitrogens with one attached hydrogen (secondary N) is 1. The Kier molecular flexibility index (Phi) is 8.19. The van der Waals surface area contributed by atoms with Gasteiger partial charge in [0.2, 0.25) is 11.8 Å². The lowest BCUT2D eigenvalue weighted by atomic mass is 9.49. The first-order valence-electron chi connectivity index (χ1n) is 17.0. The third-order valence-corrected chi connectivity index (χ3v) is 12.8. The topological polar surface area (TPSA) is 87.5 Å². The van der Waals surface area contributed by atoms with Crippen LogP contribution in [0.2, 0.25) is 0 Å². The molecule has 6 aliphatic rings. The van der Waals surface area contributed by atoms with Crippen LogP contribution in [0.25, 0.3) is 10.9 Å². The summed E-state index contributed by atoms with van der Waals surface area (Å²) in [7, 11) is 0. The van der Waals surface area contributed by atoms with E-state index >= 15 is 0 Å². The summed E-state index contributed by atoms with van der Waals surface area (Å²) in [4.78, 5) is 49.1. The highest BCUT2D eigenvalue weighted by Crippen LogP contribution is 2.61. The van der Waals surface area contributed by atoms with E-state index in [9.17, 15) is 14.4 Å². The molecule has 238 valence electrons. The maximum atomic E-state index is 13.8. The molecular weight excluding hydrogens is 570 g/mol. The Labute approximate surface area is 265 Å². The van der Waals surface area contributed by atoms with Crippen molar-refractivity contribution in [3.8, 4) is 0 Å². The highest BCUT2D eigenvalue weighted by molar-refractivity contribution is 7.99. The number of carbonyl (C=O) groups is 2. The van der Waals surface area contributed by atoms with Crippen LogP contribution in [0.3, 0.4) is 0 Å². The Morgan fingerprint density at radius 2 is 1.73 bits per heavy atom. The average Bonchev–Trinajstić information content (AvgIpc) is 2.95. The van der Waals surface area contributed by atoms with Crippen LogP contribution in [0, 0.1) is 30.1 Å². The second-order valence-electron chi connectivity index (χ2n) is 15.4. The monoisotopic (exact) mass is 619 g/mol. The van der Waals surface area contributed by atoms with Gasteiger partial charge in [-0.25, -0.2) is 4.98 Å². The third kappa shape index (κ3) is 5.89. The van der Waals surface area contributed by atoms with Crippen LogP contribution in [0.5, 0.6) is 0 Å². The Morgan fingerprint density at radius 3 is 2.41 bits per heavy atom. The molecule has 2 saturated heterocycles. The van der Waals surface area contributed by atoms with Gasteiger partial charge in [0, 0.05) is 36.5 Å². The highest BCUT2D eigenvalue weighted by Gasteiger charge is 2.50. The molecule has 8 nitrogen and oxygen atoms in total. The first-order chi connectivity index (χ1) is 21.1. The van der Waals surface area contributed by atoms with Crippen LogP contribution in [0.15, 0.2) is 27.9 Å². The fourth-order valence-corrected chi connectivity index (χ4v) is 11.1. The number of aryl methyl sites for hydroxylation is 1. The molecule has 8 rings (SSSR count). The second-order valence-corrected chi connectivity index (χ2v) is 16.5. The minimum Gasteiger partial charge on any atom is -0.300 e. The molecule has 9 heteroatoms. The molecule has 4 bridgehead atoms. The number of benzene rings is 1. The van der Waals surface area contributed by atoms with Gasteiger partial charge in [-0.3, -0.25) is 29.2 Å². The zero-order valence-electron chi connectivity index (χ0n) is 26.8. The van der Waals surface area contributed by atoms with Crippen molar-refractivity contribution < 1.29 is 9.59 Å². The van der Waals surface area contributed by atoms with Crippen molar-refractivity contribution in [3.05, 3.63) is 34.4 Å². The zero-order chi connectivity index (χ0) is 30.6. The van der Waals surface area contributed by atoms with E-state index in [0.29, 0.717) is 28.6 Å². The smallest absolute Gasteiger partial charge is 0.263 e. The molecule has 3 heterocycles. The summed E-state index contributed by atoms with van der Waals surface area (Å²) in [5.74, 6) is 3.80. The lowest BCUT2D eigenvalue weighted by Gasteiger charge is -2.57. The van der Waals surface area contributed by atoms with E-state index in [0.717, 1.165) is 61.0 Å². The van der Waals surface area contributed by atoms with E-state index in [1.165, 1.54) is 56.1 Å². The summed E-state index contributed by atoms with van der Waals surface area (Å²) < 4.78 is 1.49. The Balaban J connectivity index is 0.944. The van der Waals surface area contributed by atoms with Crippen LogP contribution in [-0.4, -0.2) is 75.2 Å². The Hall–Kier alpha value is -2.23. The minimum atomic E-state index is -0.705. The van der Waals surface area contributed by atoms with Gasteiger partial charge < -0.3 is 4.90 Å².